The van der Waals surface area contributed by atoms with Gasteiger partial charge in [0.05, 0.1) is 22.5 Å². The number of amides is 1. The third kappa shape index (κ3) is 4.73. The number of hydrogen-bond acceptors (Lipinski definition) is 7. The van der Waals surface area contributed by atoms with E-state index < -0.39 is 5.82 Å². The summed E-state index contributed by atoms with van der Waals surface area (Å²) in [5.74, 6) is 0.349. The van der Waals surface area contributed by atoms with Gasteiger partial charge >= 0.3 is 0 Å². The van der Waals surface area contributed by atoms with Gasteiger partial charge in [0.1, 0.15) is 5.82 Å². The van der Waals surface area contributed by atoms with Crippen molar-refractivity contribution in [2.24, 2.45) is 5.92 Å². The van der Waals surface area contributed by atoms with E-state index in [4.69, 9.17) is 0 Å². The van der Waals surface area contributed by atoms with Crippen LogP contribution in [0.4, 0.5) is 10.3 Å². The van der Waals surface area contributed by atoms with Crippen LogP contribution in [-0.4, -0.2) is 40.5 Å². The van der Waals surface area contributed by atoms with E-state index in [0.717, 1.165) is 47.2 Å². The number of nitrogens with zero attached hydrogens (tertiary/aromatic N) is 3. The van der Waals surface area contributed by atoms with Crippen LogP contribution in [0.5, 0.6) is 0 Å². The van der Waals surface area contributed by atoms with Crippen LogP contribution in [0.25, 0.3) is 10.2 Å². The second-order valence-corrected chi connectivity index (χ2v) is 8.93. The van der Waals surface area contributed by atoms with Gasteiger partial charge in [-0.05, 0) is 63.4 Å². The Labute approximate surface area is 178 Å². The average Bonchev–Trinajstić information content (AvgIpc) is 3.36. The molecule has 158 valence electrons. The molecule has 3 N–H and O–H groups in total. The third-order valence-corrected chi connectivity index (χ3v) is 6.33. The zero-order valence-corrected chi connectivity index (χ0v) is 17.9. The van der Waals surface area contributed by atoms with Crippen LogP contribution in [0.2, 0.25) is 0 Å². The monoisotopic (exact) mass is 428 g/mol. The van der Waals surface area contributed by atoms with Crippen LogP contribution in [0.1, 0.15) is 46.7 Å². The van der Waals surface area contributed by atoms with Gasteiger partial charge in [0.2, 0.25) is 5.95 Å². The molecule has 7 nitrogen and oxygen atoms in total. The standard InChI is InChI=1S/C21H25FN6OS/c1-12-7-17-19(30-12)18(20(29)25-6-4-14-3-5-23-9-14)28-21(27-17)26-13(2)15-8-16(22)11-24-10-15/h7-8,10-11,13-14,23H,3-6,9H2,1-2H3,(H,25,29)(H,26,27,28)/t13-,14+/m0/s1. The van der Waals surface area contributed by atoms with Crippen LogP contribution >= 0.6 is 11.3 Å². The summed E-state index contributed by atoms with van der Waals surface area (Å²) in [4.78, 5) is 26.9. The first-order valence-electron chi connectivity index (χ1n) is 10.1. The molecule has 3 aromatic heterocycles. The molecule has 0 aliphatic carbocycles. The third-order valence-electron chi connectivity index (χ3n) is 5.28. The lowest BCUT2D eigenvalue weighted by molar-refractivity contribution is 0.0948. The van der Waals surface area contributed by atoms with Gasteiger partial charge in [0.15, 0.2) is 5.69 Å². The highest BCUT2D eigenvalue weighted by molar-refractivity contribution is 7.19. The van der Waals surface area contributed by atoms with Gasteiger partial charge < -0.3 is 16.0 Å². The Bertz CT molecular complexity index is 1050. The van der Waals surface area contributed by atoms with Gasteiger partial charge in [0.25, 0.3) is 5.91 Å². The summed E-state index contributed by atoms with van der Waals surface area (Å²) in [6.45, 7) is 6.54. The first kappa shape index (κ1) is 20.6. The zero-order valence-electron chi connectivity index (χ0n) is 17.0. The van der Waals surface area contributed by atoms with E-state index >= 15 is 0 Å². The first-order chi connectivity index (χ1) is 14.5. The number of halogens is 1. The topological polar surface area (TPSA) is 91.8 Å². The van der Waals surface area contributed by atoms with E-state index in [1.165, 1.54) is 17.4 Å². The Hall–Kier alpha value is -2.65. The van der Waals surface area contributed by atoms with Crippen LogP contribution in [0.15, 0.2) is 24.5 Å². The zero-order chi connectivity index (χ0) is 21.1. The summed E-state index contributed by atoms with van der Waals surface area (Å²) in [7, 11) is 0. The van der Waals surface area contributed by atoms with Gasteiger partial charge in [-0.2, -0.15) is 0 Å². The number of carbonyl (C=O) groups is 1. The fourth-order valence-corrected chi connectivity index (χ4v) is 4.58. The van der Waals surface area contributed by atoms with Crippen LogP contribution in [0, 0.1) is 18.7 Å². The molecule has 3 aromatic rings. The van der Waals surface area contributed by atoms with Crippen molar-refractivity contribution in [3.8, 4) is 0 Å². The van der Waals surface area contributed by atoms with Gasteiger partial charge in [-0.1, -0.05) is 0 Å². The van der Waals surface area contributed by atoms with Gasteiger partial charge in [0, 0.05) is 17.6 Å². The second kappa shape index (κ2) is 9.01. The van der Waals surface area contributed by atoms with Gasteiger partial charge in [-0.15, -0.1) is 11.3 Å². The Balaban J connectivity index is 1.53. The molecule has 0 bridgehead atoms. The van der Waals surface area contributed by atoms with Crippen LogP contribution < -0.4 is 16.0 Å². The highest BCUT2D eigenvalue weighted by Crippen LogP contribution is 2.28. The number of thiophene rings is 1. The predicted molar refractivity (Wildman–Crippen MR) is 116 cm³/mol. The SMILES string of the molecule is Cc1cc2nc(N[C@@H](C)c3cncc(F)c3)nc(C(=O)NCC[C@H]3CCNC3)c2s1. The molecule has 1 aliphatic heterocycles. The Morgan fingerprint density at radius 1 is 1.37 bits per heavy atom. The van der Waals surface area contributed by atoms with E-state index in [1.807, 2.05) is 19.9 Å². The number of aromatic nitrogens is 3. The molecular formula is C21H25FN6OS. The van der Waals surface area contributed by atoms with E-state index in [9.17, 15) is 9.18 Å². The van der Waals surface area contributed by atoms with Crippen molar-refractivity contribution in [2.45, 2.75) is 32.7 Å². The number of anilines is 1. The fourth-order valence-electron chi connectivity index (χ4n) is 3.64. The Morgan fingerprint density at radius 2 is 2.23 bits per heavy atom. The smallest absolute Gasteiger partial charge is 0.271 e. The highest BCUT2D eigenvalue weighted by atomic mass is 32.1. The van der Waals surface area contributed by atoms with Crippen LogP contribution in [-0.2, 0) is 0 Å². The van der Waals surface area contributed by atoms with Crippen molar-refractivity contribution in [3.63, 3.8) is 0 Å². The molecule has 4 heterocycles. The summed E-state index contributed by atoms with van der Waals surface area (Å²) in [6.07, 6.45) is 4.86. The van der Waals surface area contributed by atoms with Crippen molar-refractivity contribution < 1.29 is 9.18 Å². The number of rotatable bonds is 7. The first-order valence-corrected chi connectivity index (χ1v) is 11.0. The molecule has 1 amide bonds. The molecule has 2 atom stereocenters. The minimum atomic E-state index is -0.400. The summed E-state index contributed by atoms with van der Waals surface area (Å²) >= 11 is 1.51. The minimum Gasteiger partial charge on any atom is -0.351 e. The number of aryl methyl sites for hydroxylation is 1. The van der Waals surface area contributed by atoms with Crippen molar-refractivity contribution in [3.05, 3.63) is 46.5 Å². The summed E-state index contributed by atoms with van der Waals surface area (Å²) in [5.41, 5.74) is 1.77. The normalized spacial score (nSPS) is 17.2. The molecule has 0 aromatic carbocycles. The molecule has 0 unspecified atom stereocenters. The van der Waals surface area contributed by atoms with E-state index in [-0.39, 0.29) is 11.9 Å². The Kier molecular flexibility index (Phi) is 6.19. The van der Waals surface area contributed by atoms with Crippen molar-refractivity contribution in [1.29, 1.82) is 0 Å². The van der Waals surface area contributed by atoms with Crippen LogP contribution in [0.3, 0.4) is 0 Å². The Morgan fingerprint density at radius 3 is 3.00 bits per heavy atom. The van der Waals surface area contributed by atoms with E-state index in [2.05, 4.69) is 30.9 Å². The summed E-state index contributed by atoms with van der Waals surface area (Å²) < 4.78 is 14.3. The van der Waals surface area contributed by atoms with Gasteiger partial charge in [-0.25, -0.2) is 14.4 Å². The minimum absolute atomic E-state index is 0.196. The summed E-state index contributed by atoms with van der Waals surface area (Å²) in [5, 5.41) is 9.52. The molecule has 4 rings (SSSR count). The summed E-state index contributed by atoms with van der Waals surface area (Å²) in [6, 6.07) is 3.10. The second-order valence-electron chi connectivity index (χ2n) is 7.67. The maximum atomic E-state index is 13.5. The molecule has 0 radical (unpaired) electrons. The molecule has 1 saturated heterocycles. The van der Waals surface area contributed by atoms with Crippen molar-refractivity contribution in [2.75, 3.05) is 25.0 Å². The average molecular weight is 429 g/mol. The lowest BCUT2D eigenvalue weighted by atomic mass is 10.1. The predicted octanol–water partition coefficient (Wildman–Crippen LogP) is 3.44. The quantitative estimate of drug-likeness (QED) is 0.534. The maximum absolute atomic E-state index is 13.5. The van der Waals surface area contributed by atoms with E-state index in [1.54, 1.807) is 6.20 Å². The molecule has 0 spiro atoms. The number of hydrogen-bond donors (Lipinski definition) is 3. The lowest BCUT2D eigenvalue weighted by Crippen LogP contribution is -2.27. The van der Waals surface area contributed by atoms with Gasteiger partial charge in [-0.3, -0.25) is 9.78 Å². The number of nitrogens with one attached hydrogen (secondary N) is 3. The largest absolute Gasteiger partial charge is 0.351 e. The van der Waals surface area contributed by atoms with Crippen molar-refractivity contribution in [1.82, 2.24) is 25.6 Å². The molecule has 0 saturated carbocycles. The molecule has 1 aliphatic rings. The number of fused-ring (bicyclic) bond motifs is 1. The highest BCUT2D eigenvalue weighted by Gasteiger charge is 2.20. The number of pyridine rings is 1. The van der Waals surface area contributed by atoms with E-state index in [0.29, 0.717) is 29.7 Å². The molecule has 1 fully saturated rings. The molecule has 30 heavy (non-hydrogen) atoms. The fraction of sp³-hybridized carbons (Fsp3) is 0.429. The number of carbonyl (C=O) groups excluding carboxylic acids is 1. The maximum Gasteiger partial charge on any atom is 0.271 e. The molecule has 9 heteroatoms. The lowest BCUT2D eigenvalue weighted by Gasteiger charge is -2.15. The van der Waals surface area contributed by atoms with Crippen molar-refractivity contribution >= 4 is 33.4 Å². The molecular weight excluding hydrogens is 403 g/mol.